The lowest BCUT2D eigenvalue weighted by Gasteiger charge is -2.32. The van der Waals surface area contributed by atoms with E-state index in [2.05, 4.69) is 10.2 Å². The van der Waals surface area contributed by atoms with E-state index in [9.17, 15) is 9.59 Å². The predicted octanol–water partition coefficient (Wildman–Crippen LogP) is 2.24. The number of fused-ring (bicyclic) bond motifs is 1. The van der Waals surface area contributed by atoms with Crippen molar-refractivity contribution < 1.29 is 9.59 Å². The molecule has 0 spiro atoms. The Kier molecular flexibility index (Phi) is 4.43. The fourth-order valence-electron chi connectivity index (χ4n) is 3.35. The Labute approximate surface area is 131 Å². The van der Waals surface area contributed by atoms with Gasteiger partial charge in [0.2, 0.25) is 11.8 Å². The van der Waals surface area contributed by atoms with Crippen LogP contribution in [0.5, 0.6) is 0 Å². The topological polar surface area (TPSA) is 52.7 Å². The van der Waals surface area contributed by atoms with Crippen LogP contribution in [0.4, 0.5) is 11.4 Å². The minimum absolute atomic E-state index is 0.0341. The summed E-state index contributed by atoms with van der Waals surface area (Å²) in [6, 6.07) is 7.42. The highest BCUT2D eigenvalue weighted by molar-refractivity contribution is 6.04. The highest BCUT2D eigenvalue weighted by Crippen LogP contribution is 2.31. The van der Waals surface area contributed by atoms with Crippen LogP contribution in [-0.2, 0) is 9.59 Å². The number of piperidine rings is 1. The molecular formula is C17H23N3O2. The van der Waals surface area contributed by atoms with Crippen molar-refractivity contribution in [1.82, 2.24) is 4.90 Å². The molecule has 22 heavy (non-hydrogen) atoms. The van der Waals surface area contributed by atoms with Crippen LogP contribution >= 0.6 is 0 Å². The number of benzene rings is 1. The first kappa shape index (κ1) is 15.0. The molecule has 0 saturated carbocycles. The van der Waals surface area contributed by atoms with Crippen LogP contribution in [0.15, 0.2) is 24.3 Å². The van der Waals surface area contributed by atoms with Gasteiger partial charge in [-0.1, -0.05) is 18.6 Å². The molecule has 1 N–H and O–H groups in total. The molecule has 0 bridgehead atoms. The number of para-hydroxylation sites is 2. The maximum Gasteiger partial charge on any atom is 0.241 e. The molecule has 0 aliphatic carbocycles. The molecule has 1 fully saturated rings. The molecule has 2 aliphatic rings. The van der Waals surface area contributed by atoms with E-state index in [1.165, 1.54) is 19.3 Å². The zero-order valence-electron chi connectivity index (χ0n) is 13.0. The van der Waals surface area contributed by atoms with Gasteiger partial charge in [0.05, 0.1) is 17.9 Å². The van der Waals surface area contributed by atoms with Gasteiger partial charge in [-0.3, -0.25) is 14.5 Å². The zero-order valence-corrected chi connectivity index (χ0v) is 13.0. The van der Waals surface area contributed by atoms with Gasteiger partial charge in [-0.2, -0.15) is 0 Å². The fraction of sp³-hybridized carbons (Fsp3) is 0.529. The normalized spacial score (nSPS) is 22.7. The summed E-state index contributed by atoms with van der Waals surface area (Å²) in [7, 11) is 0. The second-order valence-corrected chi connectivity index (χ2v) is 6.22. The number of likely N-dealkylation sites (tertiary alicyclic amines) is 1. The third kappa shape index (κ3) is 3.14. The van der Waals surface area contributed by atoms with Crippen LogP contribution in [0.25, 0.3) is 0 Å². The van der Waals surface area contributed by atoms with Crippen molar-refractivity contribution in [2.45, 2.75) is 38.6 Å². The highest BCUT2D eigenvalue weighted by Gasteiger charge is 2.30. The molecule has 0 unspecified atom stereocenters. The minimum Gasteiger partial charge on any atom is -0.324 e. The van der Waals surface area contributed by atoms with Crippen molar-refractivity contribution in [1.29, 1.82) is 0 Å². The molecule has 118 valence electrons. The Balaban J connectivity index is 1.83. The fourth-order valence-corrected chi connectivity index (χ4v) is 3.35. The molecule has 5 nitrogen and oxygen atoms in total. The Bertz CT molecular complexity index is 567. The van der Waals surface area contributed by atoms with Gasteiger partial charge in [0, 0.05) is 12.5 Å². The molecule has 2 aliphatic heterocycles. The van der Waals surface area contributed by atoms with E-state index < -0.39 is 0 Å². The average Bonchev–Trinajstić information content (AvgIpc) is 2.62. The Morgan fingerprint density at radius 3 is 2.73 bits per heavy atom. The molecule has 1 saturated heterocycles. The monoisotopic (exact) mass is 301 g/mol. The molecular weight excluding hydrogens is 278 g/mol. The summed E-state index contributed by atoms with van der Waals surface area (Å²) in [6.07, 6.45) is 3.92. The van der Waals surface area contributed by atoms with Crippen molar-refractivity contribution in [2.24, 2.45) is 0 Å². The first-order valence-electron chi connectivity index (χ1n) is 8.08. The number of hydrogen-bond donors (Lipinski definition) is 1. The van der Waals surface area contributed by atoms with Crippen LogP contribution in [0.1, 0.15) is 32.6 Å². The first-order valence-corrected chi connectivity index (χ1v) is 8.08. The average molecular weight is 301 g/mol. The van der Waals surface area contributed by atoms with Crippen LogP contribution in [0.3, 0.4) is 0 Å². The summed E-state index contributed by atoms with van der Waals surface area (Å²) in [5.74, 6) is 0.0478. The zero-order chi connectivity index (χ0) is 15.5. The smallest absolute Gasteiger partial charge is 0.241 e. The summed E-state index contributed by atoms with van der Waals surface area (Å²) in [5, 5.41) is 2.89. The van der Waals surface area contributed by atoms with Crippen molar-refractivity contribution in [3.05, 3.63) is 24.3 Å². The number of amides is 2. The van der Waals surface area contributed by atoms with Gasteiger partial charge in [-0.15, -0.1) is 0 Å². The van der Waals surface area contributed by atoms with Gasteiger partial charge >= 0.3 is 0 Å². The number of nitrogens with one attached hydrogen (secondary N) is 1. The number of rotatable bonds is 2. The van der Waals surface area contributed by atoms with Crippen LogP contribution < -0.4 is 10.2 Å². The second-order valence-electron chi connectivity index (χ2n) is 6.22. The summed E-state index contributed by atoms with van der Waals surface area (Å²) in [4.78, 5) is 28.8. The van der Waals surface area contributed by atoms with Crippen LogP contribution in [-0.4, -0.2) is 42.4 Å². The molecule has 1 aromatic rings. The molecule has 2 amide bonds. The molecule has 2 heterocycles. The Morgan fingerprint density at radius 1 is 1.23 bits per heavy atom. The molecule has 0 aromatic heterocycles. The Morgan fingerprint density at radius 2 is 1.95 bits per heavy atom. The van der Waals surface area contributed by atoms with Gasteiger partial charge in [-0.25, -0.2) is 0 Å². The van der Waals surface area contributed by atoms with E-state index >= 15 is 0 Å². The lowest BCUT2D eigenvalue weighted by atomic mass is 10.1. The third-order valence-corrected chi connectivity index (χ3v) is 4.44. The largest absolute Gasteiger partial charge is 0.324 e. The van der Waals surface area contributed by atoms with E-state index in [1.807, 2.05) is 31.2 Å². The van der Waals surface area contributed by atoms with Crippen molar-refractivity contribution in [2.75, 3.05) is 29.9 Å². The number of nitrogens with zero attached hydrogens (tertiary/aromatic N) is 2. The number of hydrogen-bond acceptors (Lipinski definition) is 3. The van der Waals surface area contributed by atoms with E-state index in [1.54, 1.807) is 4.90 Å². The van der Waals surface area contributed by atoms with E-state index in [0.29, 0.717) is 13.0 Å². The standard InChI is InChI=1S/C17H23N3O2/c1-13-11-16(21)18-14-7-3-4-8-15(14)20(13)17(22)12-19-9-5-2-6-10-19/h3-4,7-8,13H,2,5-6,9-12H2,1H3,(H,18,21)/t13-/m1/s1. The lowest BCUT2D eigenvalue weighted by molar-refractivity contribution is -0.120. The second kappa shape index (κ2) is 6.48. The van der Waals surface area contributed by atoms with Gasteiger partial charge in [0.1, 0.15) is 0 Å². The SMILES string of the molecule is C[C@@H]1CC(=O)Nc2ccccc2N1C(=O)CN1CCCCC1. The third-order valence-electron chi connectivity index (χ3n) is 4.44. The van der Waals surface area contributed by atoms with Crippen molar-refractivity contribution in [3.63, 3.8) is 0 Å². The summed E-state index contributed by atoms with van der Waals surface area (Å²) in [6.45, 7) is 4.36. The van der Waals surface area contributed by atoms with E-state index in [4.69, 9.17) is 0 Å². The van der Waals surface area contributed by atoms with Gasteiger partial charge in [0.15, 0.2) is 0 Å². The van der Waals surface area contributed by atoms with Crippen LogP contribution in [0.2, 0.25) is 0 Å². The van der Waals surface area contributed by atoms with Gasteiger partial charge < -0.3 is 10.2 Å². The molecule has 3 rings (SSSR count). The van der Waals surface area contributed by atoms with E-state index in [0.717, 1.165) is 24.5 Å². The number of anilines is 2. The summed E-state index contributed by atoms with van der Waals surface area (Å²) < 4.78 is 0. The molecule has 0 radical (unpaired) electrons. The molecule has 5 heteroatoms. The quantitative estimate of drug-likeness (QED) is 0.911. The number of carbonyl (C=O) groups excluding carboxylic acids is 2. The summed E-state index contributed by atoms with van der Waals surface area (Å²) in [5.41, 5.74) is 1.53. The van der Waals surface area contributed by atoms with Gasteiger partial charge in [0.25, 0.3) is 0 Å². The maximum atomic E-state index is 12.8. The highest BCUT2D eigenvalue weighted by atomic mass is 16.2. The van der Waals surface area contributed by atoms with Crippen molar-refractivity contribution >= 4 is 23.2 Å². The molecule has 1 aromatic carbocycles. The van der Waals surface area contributed by atoms with Crippen molar-refractivity contribution in [3.8, 4) is 0 Å². The Hall–Kier alpha value is -1.88. The van der Waals surface area contributed by atoms with Crippen LogP contribution in [0, 0.1) is 0 Å². The first-order chi connectivity index (χ1) is 10.6. The predicted molar refractivity (Wildman–Crippen MR) is 86.9 cm³/mol. The number of carbonyl (C=O) groups is 2. The molecule has 1 atom stereocenters. The lowest BCUT2D eigenvalue weighted by Crippen LogP contribution is -2.46. The maximum absolute atomic E-state index is 12.8. The van der Waals surface area contributed by atoms with E-state index in [-0.39, 0.29) is 17.9 Å². The summed E-state index contributed by atoms with van der Waals surface area (Å²) >= 11 is 0. The minimum atomic E-state index is -0.124. The van der Waals surface area contributed by atoms with Gasteiger partial charge in [-0.05, 0) is 45.0 Å².